The Kier molecular flexibility index (Phi) is 7.12. The average molecular weight is 450 g/mol. The Bertz CT molecular complexity index is 1190. The van der Waals surface area contributed by atoms with E-state index in [1.54, 1.807) is 0 Å². The van der Waals surface area contributed by atoms with E-state index in [1.165, 1.54) is 33.3 Å². The number of hydrogen-bond acceptors (Lipinski definition) is 1. The Morgan fingerprint density at radius 1 is 0.559 bits per heavy atom. The molecule has 1 heteroatoms. The summed E-state index contributed by atoms with van der Waals surface area (Å²) >= 11 is 0. The second kappa shape index (κ2) is 10.1. The molecule has 0 spiro atoms. The summed E-state index contributed by atoms with van der Waals surface area (Å²) < 4.78 is 0. The second-order valence-electron chi connectivity index (χ2n) is 9.75. The number of hydrogen-bond donors (Lipinski definition) is 0. The normalized spacial score (nSPS) is 12.1. The quantitative estimate of drug-likeness (QED) is 0.246. The molecule has 0 aliphatic rings. The largest absolute Gasteiger partial charge is 0.331 e. The third-order valence-corrected chi connectivity index (χ3v) is 8.30. The van der Waals surface area contributed by atoms with Crippen molar-refractivity contribution in [3.05, 3.63) is 108 Å². The van der Waals surface area contributed by atoms with Gasteiger partial charge in [0.2, 0.25) is 0 Å². The van der Waals surface area contributed by atoms with Gasteiger partial charge >= 0.3 is 0 Å². The minimum atomic E-state index is -0.154. The van der Waals surface area contributed by atoms with Crippen LogP contribution in [0.3, 0.4) is 0 Å². The van der Waals surface area contributed by atoms with E-state index in [0.717, 1.165) is 25.7 Å². The first-order chi connectivity index (χ1) is 16.5. The van der Waals surface area contributed by atoms with Crippen LogP contribution in [-0.4, -0.2) is 0 Å². The lowest BCUT2D eigenvalue weighted by molar-refractivity contribution is 0.402. The third kappa shape index (κ3) is 4.13. The molecule has 0 unspecified atom stereocenters. The number of nitrogens with zero attached hydrogens (tertiary/aromatic N) is 1. The SMILES string of the molecule is CCC(C)(CC)c1ccc(C(CC)(CC)N(c2ccccc2)c2cccc3ccccc23)cc1. The Morgan fingerprint density at radius 3 is 1.74 bits per heavy atom. The van der Waals surface area contributed by atoms with Gasteiger partial charge < -0.3 is 4.90 Å². The zero-order valence-electron chi connectivity index (χ0n) is 21.5. The Morgan fingerprint density at radius 2 is 1.12 bits per heavy atom. The van der Waals surface area contributed by atoms with Crippen molar-refractivity contribution >= 4 is 22.1 Å². The highest BCUT2D eigenvalue weighted by Gasteiger charge is 2.37. The van der Waals surface area contributed by atoms with Gasteiger partial charge in [0, 0.05) is 16.8 Å². The van der Waals surface area contributed by atoms with Crippen LogP contribution >= 0.6 is 0 Å². The van der Waals surface area contributed by atoms with Crippen LogP contribution in [0.5, 0.6) is 0 Å². The molecule has 4 aromatic rings. The molecular formula is C33H39N. The molecule has 4 rings (SSSR count). The summed E-state index contributed by atoms with van der Waals surface area (Å²) in [6, 6.07) is 35.9. The highest BCUT2D eigenvalue weighted by molar-refractivity contribution is 5.96. The van der Waals surface area contributed by atoms with Crippen LogP contribution in [0.25, 0.3) is 10.8 Å². The summed E-state index contributed by atoms with van der Waals surface area (Å²) in [6.45, 7) is 11.7. The lowest BCUT2D eigenvalue weighted by Gasteiger charge is -2.46. The average Bonchev–Trinajstić information content (AvgIpc) is 2.92. The standard InChI is InChI=1S/C33H39N/c1-6-32(5,7-2)27-22-24-28(25-23-27)33(8-3,9-4)34(29-18-11-10-12-19-29)31-21-15-17-26-16-13-14-20-30(26)31/h10-25H,6-9H2,1-5H3. The van der Waals surface area contributed by atoms with Crippen molar-refractivity contribution in [3.63, 3.8) is 0 Å². The van der Waals surface area contributed by atoms with Gasteiger partial charge in [-0.15, -0.1) is 0 Å². The molecule has 176 valence electrons. The van der Waals surface area contributed by atoms with Gasteiger partial charge in [-0.3, -0.25) is 0 Å². The predicted octanol–water partition coefficient (Wildman–Crippen LogP) is 9.77. The van der Waals surface area contributed by atoms with E-state index in [4.69, 9.17) is 0 Å². The molecule has 0 saturated heterocycles. The fourth-order valence-corrected chi connectivity index (χ4v) is 5.54. The summed E-state index contributed by atoms with van der Waals surface area (Å²) in [6.07, 6.45) is 4.34. The Labute approximate surface area is 206 Å². The third-order valence-electron chi connectivity index (χ3n) is 8.30. The monoisotopic (exact) mass is 449 g/mol. The molecule has 34 heavy (non-hydrogen) atoms. The van der Waals surface area contributed by atoms with Gasteiger partial charge in [0.25, 0.3) is 0 Å². The van der Waals surface area contributed by atoms with Gasteiger partial charge in [-0.05, 0) is 65.8 Å². The highest BCUT2D eigenvalue weighted by Crippen LogP contribution is 2.46. The topological polar surface area (TPSA) is 3.24 Å². The molecule has 0 radical (unpaired) electrons. The van der Waals surface area contributed by atoms with Crippen molar-refractivity contribution in [1.82, 2.24) is 0 Å². The molecule has 0 aromatic heterocycles. The van der Waals surface area contributed by atoms with Gasteiger partial charge in [0.15, 0.2) is 0 Å². The first-order valence-corrected chi connectivity index (χ1v) is 13.0. The van der Waals surface area contributed by atoms with E-state index in [1.807, 2.05) is 0 Å². The summed E-state index contributed by atoms with van der Waals surface area (Å²) in [5.74, 6) is 0. The van der Waals surface area contributed by atoms with Crippen molar-refractivity contribution in [2.75, 3.05) is 4.90 Å². The van der Waals surface area contributed by atoms with Gasteiger partial charge in [-0.1, -0.05) is 113 Å². The van der Waals surface area contributed by atoms with Crippen LogP contribution in [0.2, 0.25) is 0 Å². The van der Waals surface area contributed by atoms with E-state index < -0.39 is 0 Å². The minimum absolute atomic E-state index is 0.154. The molecule has 0 fully saturated rings. The number of fused-ring (bicyclic) bond motifs is 1. The zero-order chi connectivity index (χ0) is 24.2. The van der Waals surface area contributed by atoms with E-state index in [9.17, 15) is 0 Å². The van der Waals surface area contributed by atoms with E-state index in [2.05, 4.69) is 137 Å². The number of rotatable bonds is 9. The summed E-state index contributed by atoms with van der Waals surface area (Å²) in [4.78, 5) is 2.60. The van der Waals surface area contributed by atoms with Crippen LogP contribution in [0, 0.1) is 0 Å². The van der Waals surface area contributed by atoms with Gasteiger partial charge in [-0.25, -0.2) is 0 Å². The fourth-order valence-electron chi connectivity index (χ4n) is 5.54. The molecule has 0 amide bonds. The maximum absolute atomic E-state index is 2.60. The van der Waals surface area contributed by atoms with Crippen LogP contribution < -0.4 is 4.90 Å². The molecule has 0 atom stereocenters. The van der Waals surface area contributed by atoms with Crippen molar-refractivity contribution in [1.29, 1.82) is 0 Å². The summed E-state index contributed by atoms with van der Waals surface area (Å²) in [5.41, 5.74) is 5.40. The van der Waals surface area contributed by atoms with Gasteiger partial charge in [-0.2, -0.15) is 0 Å². The molecule has 0 heterocycles. The maximum Gasteiger partial charge on any atom is 0.0697 e. The highest BCUT2D eigenvalue weighted by atomic mass is 15.2. The molecule has 4 aromatic carbocycles. The van der Waals surface area contributed by atoms with Crippen molar-refractivity contribution in [2.24, 2.45) is 0 Å². The number of para-hydroxylation sites is 1. The smallest absolute Gasteiger partial charge is 0.0697 e. The first kappa shape index (κ1) is 24.1. The predicted molar refractivity (Wildman–Crippen MR) is 149 cm³/mol. The van der Waals surface area contributed by atoms with E-state index in [-0.39, 0.29) is 11.0 Å². The number of benzene rings is 4. The van der Waals surface area contributed by atoms with E-state index >= 15 is 0 Å². The van der Waals surface area contributed by atoms with Gasteiger partial charge in [0.1, 0.15) is 0 Å². The summed E-state index contributed by atoms with van der Waals surface area (Å²) in [5, 5.41) is 2.57. The van der Waals surface area contributed by atoms with Crippen molar-refractivity contribution in [3.8, 4) is 0 Å². The zero-order valence-corrected chi connectivity index (χ0v) is 21.5. The first-order valence-electron chi connectivity index (χ1n) is 13.0. The summed E-state index contributed by atoms with van der Waals surface area (Å²) in [7, 11) is 0. The Balaban J connectivity index is 1.94. The molecule has 1 nitrogen and oxygen atoms in total. The maximum atomic E-state index is 2.60. The lowest BCUT2D eigenvalue weighted by Crippen LogP contribution is -2.43. The Hall–Kier alpha value is -3.06. The van der Waals surface area contributed by atoms with Gasteiger partial charge in [0.05, 0.1) is 5.54 Å². The molecule has 0 N–H and O–H groups in total. The fraction of sp³-hybridized carbons (Fsp3) is 0.333. The number of anilines is 2. The lowest BCUT2D eigenvalue weighted by atomic mass is 9.75. The molecule has 0 aliphatic carbocycles. The van der Waals surface area contributed by atoms with Crippen molar-refractivity contribution in [2.45, 2.75) is 71.3 Å². The molecular weight excluding hydrogens is 410 g/mol. The molecule has 0 saturated carbocycles. The molecule has 0 aliphatic heterocycles. The van der Waals surface area contributed by atoms with Crippen LogP contribution in [-0.2, 0) is 11.0 Å². The second-order valence-corrected chi connectivity index (χ2v) is 9.75. The van der Waals surface area contributed by atoms with Crippen LogP contribution in [0.1, 0.15) is 71.4 Å². The van der Waals surface area contributed by atoms with Crippen LogP contribution in [0.15, 0.2) is 97.1 Å². The minimum Gasteiger partial charge on any atom is -0.331 e. The van der Waals surface area contributed by atoms with Crippen molar-refractivity contribution < 1.29 is 0 Å². The molecule has 0 bridgehead atoms. The van der Waals surface area contributed by atoms with E-state index in [0.29, 0.717) is 0 Å². The van der Waals surface area contributed by atoms with Crippen LogP contribution in [0.4, 0.5) is 11.4 Å².